The summed E-state index contributed by atoms with van der Waals surface area (Å²) >= 11 is 0. The van der Waals surface area contributed by atoms with Gasteiger partial charge in [-0.25, -0.2) is 4.98 Å². The lowest BCUT2D eigenvalue weighted by molar-refractivity contribution is 0.102. The number of hydrogen-bond donors (Lipinski definition) is 1. The molecule has 2 aromatic heterocycles. The average Bonchev–Trinajstić information content (AvgIpc) is 3.10. The van der Waals surface area contributed by atoms with Gasteiger partial charge in [0.2, 0.25) is 0 Å². The Hall–Kier alpha value is -3.81. The summed E-state index contributed by atoms with van der Waals surface area (Å²) in [5.74, 6) is 2.67. The minimum atomic E-state index is -0.222. The lowest BCUT2D eigenvalue weighted by Crippen LogP contribution is -2.47. The number of ether oxygens (including phenoxy) is 2. The van der Waals surface area contributed by atoms with Gasteiger partial charge in [-0.05, 0) is 48.7 Å². The van der Waals surface area contributed by atoms with Gasteiger partial charge in [-0.1, -0.05) is 6.07 Å². The largest absolute Gasteiger partial charge is 0.490 e. The zero-order valence-corrected chi connectivity index (χ0v) is 18.8. The minimum absolute atomic E-state index is 0.0902. The summed E-state index contributed by atoms with van der Waals surface area (Å²) < 4.78 is 13.3. The van der Waals surface area contributed by atoms with Gasteiger partial charge in [-0.2, -0.15) is 0 Å². The van der Waals surface area contributed by atoms with Crippen LogP contribution in [0.5, 0.6) is 11.5 Å². The first-order chi connectivity index (χ1) is 16.6. The van der Waals surface area contributed by atoms with E-state index in [0.717, 1.165) is 44.0 Å². The highest BCUT2D eigenvalue weighted by molar-refractivity contribution is 6.04. The highest BCUT2D eigenvalue weighted by Crippen LogP contribution is 2.36. The number of rotatable bonds is 3. The lowest BCUT2D eigenvalue weighted by Gasteiger charge is -2.43. The zero-order valence-electron chi connectivity index (χ0n) is 18.8. The predicted molar refractivity (Wildman–Crippen MR) is 128 cm³/mol. The number of hydrogen-bond acceptors (Lipinski definition) is 6. The molecule has 1 saturated heterocycles. The molecule has 3 aromatic rings. The van der Waals surface area contributed by atoms with E-state index in [-0.39, 0.29) is 11.5 Å². The molecule has 34 heavy (non-hydrogen) atoms. The van der Waals surface area contributed by atoms with Gasteiger partial charge < -0.3 is 24.3 Å². The van der Waals surface area contributed by atoms with Crippen LogP contribution in [0.4, 0.5) is 11.5 Å². The van der Waals surface area contributed by atoms with E-state index in [0.29, 0.717) is 47.8 Å². The Morgan fingerprint density at radius 1 is 1.00 bits per heavy atom. The second-order valence-electron chi connectivity index (χ2n) is 9.17. The fraction of sp³-hybridized carbons (Fsp3) is 0.346. The molecule has 8 nitrogen and oxygen atoms in total. The number of pyridine rings is 2. The number of benzene rings is 1. The van der Waals surface area contributed by atoms with Crippen LogP contribution in [0.2, 0.25) is 0 Å². The van der Waals surface area contributed by atoms with E-state index in [9.17, 15) is 9.59 Å². The molecule has 3 aliphatic rings. The van der Waals surface area contributed by atoms with Gasteiger partial charge in [0.15, 0.2) is 11.5 Å². The summed E-state index contributed by atoms with van der Waals surface area (Å²) in [4.78, 5) is 31.9. The van der Waals surface area contributed by atoms with E-state index in [1.54, 1.807) is 30.5 Å². The molecule has 1 N–H and O–H groups in total. The molecule has 0 radical (unpaired) electrons. The van der Waals surface area contributed by atoms with Crippen molar-refractivity contribution in [1.82, 2.24) is 9.55 Å². The lowest BCUT2D eigenvalue weighted by atomic mass is 9.83. The van der Waals surface area contributed by atoms with E-state index in [4.69, 9.17) is 9.47 Å². The highest BCUT2D eigenvalue weighted by atomic mass is 16.5. The average molecular weight is 459 g/mol. The summed E-state index contributed by atoms with van der Waals surface area (Å²) in [6.45, 7) is 3.64. The molecule has 2 atom stereocenters. The Morgan fingerprint density at radius 2 is 1.88 bits per heavy atom. The SMILES string of the molecule is O=C(Nc1ccc(N2CC3C[C@@H](C2)c2cccc(=O)n2C3)nc1)c1ccc2c(c1)OCCCO2. The van der Waals surface area contributed by atoms with Gasteiger partial charge in [0, 0.05) is 49.3 Å². The van der Waals surface area contributed by atoms with E-state index < -0.39 is 0 Å². The molecular weight excluding hydrogens is 432 g/mol. The van der Waals surface area contributed by atoms with Crippen molar-refractivity contribution in [2.45, 2.75) is 25.3 Å². The molecule has 8 heteroatoms. The van der Waals surface area contributed by atoms with Gasteiger partial charge in [0.1, 0.15) is 5.82 Å². The molecule has 6 rings (SSSR count). The number of piperidine rings is 1. The molecule has 0 spiro atoms. The number of fused-ring (bicyclic) bond motifs is 5. The van der Waals surface area contributed by atoms with Crippen LogP contribution in [-0.2, 0) is 6.54 Å². The molecule has 2 bridgehead atoms. The number of carbonyl (C=O) groups is 1. The van der Waals surface area contributed by atoms with Crippen LogP contribution in [0, 0.1) is 5.92 Å². The van der Waals surface area contributed by atoms with Crippen LogP contribution < -0.4 is 25.2 Å². The predicted octanol–water partition coefficient (Wildman–Crippen LogP) is 3.28. The molecule has 0 aliphatic carbocycles. The number of nitrogens with zero attached hydrogens (tertiary/aromatic N) is 3. The van der Waals surface area contributed by atoms with Crippen molar-refractivity contribution in [3.63, 3.8) is 0 Å². The number of aromatic nitrogens is 2. The second-order valence-corrected chi connectivity index (χ2v) is 9.17. The summed E-state index contributed by atoms with van der Waals surface area (Å²) in [6, 6.07) is 14.6. The van der Waals surface area contributed by atoms with E-state index in [2.05, 4.69) is 21.3 Å². The maximum absolute atomic E-state index is 12.8. The van der Waals surface area contributed by atoms with E-state index >= 15 is 0 Å². The first-order valence-corrected chi connectivity index (χ1v) is 11.8. The van der Waals surface area contributed by atoms with Crippen molar-refractivity contribution in [2.75, 3.05) is 36.5 Å². The first-order valence-electron chi connectivity index (χ1n) is 11.8. The number of nitrogens with one attached hydrogen (secondary N) is 1. The molecule has 1 aromatic carbocycles. The summed E-state index contributed by atoms with van der Waals surface area (Å²) in [6.07, 6.45) is 3.61. The van der Waals surface area contributed by atoms with Gasteiger partial charge in [0.25, 0.3) is 11.5 Å². The highest BCUT2D eigenvalue weighted by Gasteiger charge is 2.34. The minimum Gasteiger partial charge on any atom is -0.490 e. The third kappa shape index (κ3) is 3.89. The maximum atomic E-state index is 12.8. The zero-order chi connectivity index (χ0) is 23.1. The fourth-order valence-corrected chi connectivity index (χ4v) is 5.24. The third-order valence-electron chi connectivity index (χ3n) is 6.82. The molecule has 1 amide bonds. The number of amides is 1. The first kappa shape index (κ1) is 20.8. The van der Waals surface area contributed by atoms with Crippen molar-refractivity contribution >= 4 is 17.4 Å². The second kappa shape index (κ2) is 8.52. The van der Waals surface area contributed by atoms with Gasteiger partial charge in [0.05, 0.1) is 25.1 Å². The van der Waals surface area contributed by atoms with E-state index in [1.165, 1.54) is 0 Å². The smallest absolute Gasteiger partial charge is 0.255 e. The summed E-state index contributed by atoms with van der Waals surface area (Å²) in [5, 5.41) is 2.92. The fourth-order valence-electron chi connectivity index (χ4n) is 5.24. The molecular formula is C26H26N4O4. The Labute approximate surface area is 197 Å². The Kier molecular flexibility index (Phi) is 5.20. The molecule has 1 fully saturated rings. The van der Waals surface area contributed by atoms with E-state index in [1.807, 2.05) is 22.8 Å². The Morgan fingerprint density at radius 3 is 2.74 bits per heavy atom. The van der Waals surface area contributed by atoms with Crippen LogP contribution in [0.3, 0.4) is 0 Å². The van der Waals surface area contributed by atoms with Crippen molar-refractivity contribution in [3.8, 4) is 11.5 Å². The molecule has 0 saturated carbocycles. The maximum Gasteiger partial charge on any atom is 0.255 e. The third-order valence-corrected chi connectivity index (χ3v) is 6.82. The van der Waals surface area contributed by atoms with Gasteiger partial charge >= 0.3 is 0 Å². The monoisotopic (exact) mass is 458 g/mol. The van der Waals surface area contributed by atoms with Crippen LogP contribution in [-0.4, -0.2) is 41.8 Å². The normalized spacial score (nSPS) is 20.8. The van der Waals surface area contributed by atoms with Crippen LogP contribution >= 0.6 is 0 Å². The summed E-state index contributed by atoms with van der Waals surface area (Å²) in [7, 11) is 0. The van der Waals surface area contributed by atoms with Crippen molar-refractivity contribution in [2.24, 2.45) is 5.92 Å². The number of carbonyl (C=O) groups excluding carboxylic acids is 1. The van der Waals surface area contributed by atoms with Crippen LogP contribution in [0.25, 0.3) is 0 Å². The number of anilines is 2. The van der Waals surface area contributed by atoms with Crippen molar-refractivity contribution in [1.29, 1.82) is 0 Å². The molecule has 1 unspecified atom stereocenters. The quantitative estimate of drug-likeness (QED) is 0.648. The van der Waals surface area contributed by atoms with Crippen molar-refractivity contribution in [3.05, 3.63) is 76.3 Å². The summed E-state index contributed by atoms with van der Waals surface area (Å²) in [5.41, 5.74) is 2.35. The van der Waals surface area contributed by atoms with Gasteiger partial charge in [-0.15, -0.1) is 0 Å². The van der Waals surface area contributed by atoms with Crippen LogP contribution in [0.1, 0.15) is 34.8 Å². The van der Waals surface area contributed by atoms with Crippen molar-refractivity contribution < 1.29 is 14.3 Å². The molecule has 174 valence electrons. The Balaban J connectivity index is 1.15. The van der Waals surface area contributed by atoms with Crippen LogP contribution in [0.15, 0.2) is 59.5 Å². The molecule has 3 aliphatic heterocycles. The topological polar surface area (TPSA) is 85.7 Å². The van der Waals surface area contributed by atoms with Gasteiger partial charge in [-0.3, -0.25) is 9.59 Å². The molecule has 5 heterocycles. The Bertz CT molecular complexity index is 1290. The standard InChI is InChI=1S/C26H26N4O4/c31-25-4-1-3-21-19-11-17(15-30(21)25)14-29(16-19)24-8-6-20(13-27-24)28-26(32)18-5-7-22-23(12-18)34-10-2-9-33-22/h1,3-8,12-13,17,19H,2,9-11,14-16H2,(H,28,32)/t17?,19-/m0/s1.